The highest BCUT2D eigenvalue weighted by Gasteiger charge is 2.24. The summed E-state index contributed by atoms with van der Waals surface area (Å²) in [6.45, 7) is 15.8. The molecule has 0 unspecified atom stereocenters. The number of aromatic nitrogens is 1. The fraction of sp³-hybridized carbons (Fsp3) is 0.609. The van der Waals surface area contributed by atoms with Crippen LogP contribution in [-0.2, 0) is 18.4 Å². The molecular weight excluding hydrogens is 384 g/mol. The lowest BCUT2D eigenvalue weighted by Crippen LogP contribution is -2.48. The first-order chi connectivity index (χ1) is 13.9. The van der Waals surface area contributed by atoms with Crippen LogP contribution in [0.3, 0.4) is 0 Å². The highest BCUT2D eigenvalue weighted by molar-refractivity contribution is 6.30. The molecule has 0 amide bonds. The maximum Gasteiger partial charge on any atom is 0.194 e. The van der Waals surface area contributed by atoms with Gasteiger partial charge in [0, 0.05) is 61.8 Å². The summed E-state index contributed by atoms with van der Waals surface area (Å²) in [7, 11) is 0. The molecule has 1 aromatic heterocycles. The Balaban J connectivity index is 1.43. The zero-order valence-corrected chi connectivity index (χ0v) is 19.1. The van der Waals surface area contributed by atoms with Crippen LogP contribution in [0.5, 0.6) is 0 Å². The summed E-state index contributed by atoms with van der Waals surface area (Å²) < 4.78 is 6.04. The Kier molecular flexibility index (Phi) is 7.60. The molecule has 3 rings (SSSR count). The number of halogens is 1. The molecule has 1 fully saturated rings. The number of nitrogens with zero attached hydrogens (tertiary/aromatic N) is 3. The Hall–Kier alpha value is -1.56. The smallest absolute Gasteiger partial charge is 0.194 e. The normalized spacial score (nSPS) is 15.8. The first-order valence-corrected chi connectivity index (χ1v) is 11.2. The van der Waals surface area contributed by atoms with E-state index in [0.717, 1.165) is 81.0 Å². The van der Waals surface area contributed by atoms with E-state index in [2.05, 4.69) is 54.9 Å². The lowest BCUT2D eigenvalue weighted by Gasteiger charge is -2.36. The molecule has 0 radical (unpaired) electrons. The van der Waals surface area contributed by atoms with Gasteiger partial charge >= 0.3 is 0 Å². The minimum absolute atomic E-state index is 0.00446. The van der Waals surface area contributed by atoms with E-state index in [1.54, 1.807) is 0 Å². The van der Waals surface area contributed by atoms with Gasteiger partial charge in [-0.2, -0.15) is 0 Å². The largest absolute Gasteiger partial charge is 0.444 e. The number of hydrogen-bond donors (Lipinski definition) is 1. The second-order valence-electron chi connectivity index (χ2n) is 8.86. The van der Waals surface area contributed by atoms with Crippen LogP contribution in [0.25, 0.3) is 0 Å². The number of hydrogen-bond acceptors (Lipinski definition) is 5. The van der Waals surface area contributed by atoms with E-state index in [1.807, 2.05) is 12.1 Å². The predicted octanol–water partition coefficient (Wildman–Crippen LogP) is 4.49. The van der Waals surface area contributed by atoms with Crippen molar-refractivity contribution in [2.75, 3.05) is 44.2 Å². The molecule has 1 saturated heterocycles. The summed E-state index contributed by atoms with van der Waals surface area (Å²) in [4.78, 5) is 9.70. The standard InChI is InChI=1S/C23H35ClN4O/c1-5-6-21-26-22(23(2,3)4)20(29-21)17-25-11-12-27-13-15-28(16-14-27)19-9-7-18(24)8-10-19/h7-10,25H,5-6,11-17H2,1-4H3. The Labute approximate surface area is 180 Å². The molecule has 0 bridgehead atoms. The molecule has 0 spiro atoms. The third-order valence-corrected chi connectivity index (χ3v) is 5.62. The van der Waals surface area contributed by atoms with Gasteiger partial charge in [0.2, 0.25) is 0 Å². The van der Waals surface area contributed by atoms with Gasteiger partial charge in [-0.15, -0.1) is 0 Å². The summed E-state index contributed by atoms with van der Waals surface area (Å²) in [5, 5.41) is 4.36. The molecule has 5 nitrogen and oxygen atoms in total. The van der Waals surface area contributed by atoms with Crippen LogP contribution in [0, 0.1) is 0 Å². The van der Waals surface area contributed by atoms with Crippen molar-refractivity contribution >= 4 is 17.3 Å². The monoisotopic (exact) mass is 418 g/mol. The van der Waals surface area contributed by atoms with E-state index in [0.29, 0.717) is 0 Å². The van der Waals surface area contributed by atoms with Gasteiger partial charge in [-0.25, -0.2) is 4.98 Å². The number of rotatable bonds is 8. The van der Waals surface area contributed by atoms with Crippen LogP contribution in [0.4, 0.5) is 5.69 Å². The van der Waals surface area contributed by atoms with Crippen molar-refractivity contribution in [2.24, 2.45) is 0 Å². The molecular formula is C23H35ClN4O. The maximum absolute atomic E-state index is 6.04. The van der Waals surface area contributed by atoms with E-state index < -0.39 is 0 Å². The molecule has 0 aliphatic carbocycles. The number of nitrogens with one attached hydrogen (secondary N) is 1. The number of anilines is 1. The van der Waals surface area contributed by atoms with Gasteiger partial charge in [-0.3, -0.25) is 4.90 Å². The van der Waals surface area contributed by atoms with E-state index in [9.17, 15) is 0 Å². The predicted molar refractivity (Wildman–Crippen MR) is 121 cm³/mol. The average molecular weight is 419 g/mol. The molecule has 1 aliphatic heterocycles. The number of aryl methyl sites for hydroxylation is 1. The van der Waals surface area contributed by atoms with E-state index in [4.69, 9.17) is 21.0 Å². The maximum atomic E-state index is 6.04. The molecule has 6 heteroatoms. The van der Waals surface area contributed by atoms with Crippen LogP contribution < -0.4 is 10.2 Å². The highest BCUT2D eigenvalue weighted by atomic mass is 35.5. The first kappa shape index (κ1) is 22.1. The molecule has 1 aromatic carbocycles. The molecule has 29 heavy (non-hydrogen) atoms. The first-order valence-electron chi connectivity index (χ1n) is 10.8. The van der Waals surface area contributed by atoms with Crippen molar-refractivity contribution in [1.29, 1.82) is 0 Å². The van der Waals surface area contributed by atoms with Crippen LogP contribution in [0.2, 0.25) is 5.02 Å². The Bertz CT molecular complexity index is 758. The molecule has 0 saturated carbocycles. The number of benzene rings is 1. The second kappa shape index (κ2) is 9.96. The summed E-state index contributed by atoms with van der Waals surface area (Å²) in [6, 6.07) is 8.15. The second-order valence-corrected chi connectivity index (χ2v) is 9.30. The van der Waals surface area contributed by atoms with Gasteiger partial charge in [0.05, 0.1) is 12.2 Å². The van der Waals surface area contributed by atoms with Crippen LogP contribution in [0.1, 0.15) is 51.5 Å². The summed E-state index contributed by atoms with van der Waals surface area (Å²) in [5.41, 5.74) is 2.35. The molecule has 1 N–H and O–H groups in total. The highest BCUT2D eigenvalue weighted by Crippen LogP contribution is 2.26. The van der Waals surface area contributed by atoms with Gasteiger partial charge in [-0.05, 0) is 30.7 Å². The Morgan fingerprint density at radius 3 is 2.41 bits per heavy atom. The van der Waals surface area contributed by atoms with Gasteiger partial charge in [0.15, 0.2) is 5.89 Å². The molecule has 2 aromatic rings. The fourth-order valence-electron chi connectivity index (χ4n) is 3.75. The van der Waals surface area contributed by atoms with Crippen LogP contribution >= 0.6 is 11.6 Å². The number of piperazine rings is 1. The molecule has 2 heterocycles. The van der Waals surface area contributed by atoms with E-state index in [-0.39, 0.29) is 5.41 Å². The van der Waals surface area contributed by atoms with Crippen molar-refractivity contribution in [3.63, 3.8) is 0 Å². The van der Waals surface area contributed by atoms with Gasteiger partial charge in [-0.1, -0.05) is 39.3 Å². The van der Waals surface area contributed by atoms with Crippen molar-refractivity contribution in [2.45, 2.75) is 52.5 Å². The zero-order valence-electron chi connectivity index (χ0n) is 18.3. The van der Waals surface area contributed by atoms with Crippen LogP contribution in [-0.4, -0.2) is 49.2 Å². The topological polar surface area (TPSA) is 44.5 Å². The number of oxazole rings is 1. The summed E-state index contributed by atoms with van der Waals surface area (Å²) >= 11 is 6.00. The third kappa shape index (κ3) is 6.21. The van der Waals surface area contributed by atoms with Gasteiger partial charge < -0.3 is 14.6 Å². The third-order valence-electron chi connectivity index (χ3n) is 5.37. The fourth-order valence-corrected chi connectivity index (χ4v) is 3.87. The van der Waals surface area contributed by atoms with E-state index in [1.165, 1.54) is 5.69 Å². The quantitative estimate of drug-likeness (QED) is 0.640. The molecule has 160 valence electrons. The van der Waals surface area contributed by atoms with E-state index >= 15 is 0 Å². The van der Waals surface area contributed by atoms with Gasteiger partial charge in [0.25, 0.3) is 0 Å². The average Bonchev–Trinajstić information content (AvgIpc) is 3.10. The van der Waals surface area contributed by atoms with Gasteiger partial charge in [0.1, 0.15) is 5.76 Å². The minimum atomic E-state index is 0.00446. The zero-order chi connectivity index (χ0) is 20.9. The minimum Gasteiger partial charge on any atom is -0.444 e. The van der Waals surface area contributed by atoms with Crippen molar-refractivity contribution in [1.82, 2.24) is 15.2 Å². The van der Waals surface area contributed by atoms with Crippen molar-refractivity contribution < 1.29 is 4.42 Å². The molecule has 1 aliphatic rings. The summed E-state index contributed by atoms with van der Waals surface area (Å²) in [5.74, 6) is 1.86. The Morgan fingerprint density at radius 2 is 1.79 bits per heavy atom. The Morgan fingerprint density at radius 1 is 1.10 bits per heavy atom. The van der Waals surface area contributed by atoms with Crippen molar-refractivity contribution in [3.8, 4) is 0 Å². The van der Waals surface area contributed by atoms with Crippen LogP contribution in [0.15, 0.2) is 28.7 Å². The lowest BCUT2D eigenvalue weighted by molar-refractivity contribution is 0.256. The summed E-state index contributed by atoms with van der Waals surface area (Å²) in [6.07, 6.45) is 1.96. The molecule has 0 atom stereocenters. The van der Waals surface area contributed by atoms with Crippen molar-refractivity contribution in [3.05, 3.63) is 46.6 Å². The SMILES string of the molecule is CCCc1nc(C(C)(C)C)c(CNCCN2CCN(c3ccc(Cl)cc3)CC2)o1. The lowest BCUT2D eigenvalue weighted by atomic mass is 9.91.